The number of fused-ring (bicyclic) bond motifs is 1. The van der Waals surface area contributed by atoms with Gasteiger partial charge in [0.1, 0.15) is 24.3 Å². The first kappa shape index (κ1) is 19.3. The van der Waals surface area contributed by atoms with Crippen molar-refractivity contribution >= 4 is 17.2 Å². The number of nitrogens with zero attached hydrogens (tertiary/aromatic N) is 5. The maximum absolute atomic E-state index is 12.6. The highest BCUT2D eigenvalue weighted by Crippen LogP contribution is 2.27. The van der Waals surface area contributed by atoms with Gasteiger partial charge in [0.2, 0.25) is 5.91 Å². The number of nitrogens with one attached hydrogen (secondary N) is 1. The molecule has 0 aliphatic heterocycles. The number of carbonyl (C=O) groups is 1. The van der Waals surface area contributed by atoms with Crippen LogP contribution in [0.1, 0.15) is 25.5 Å². The van der Waals surface area contributed by atoms with E-state index in [2.05, 4.69) is 20.6 Å². The van der Waals surface area contributed by atoms with E-state index in [1.807, 2.05) is 32.0 Å². The molecule has 3 heterocycles. The van der Waals surface area contributed by atoms with Crippen LogP contribution in [0.4, 0.5) is 5.69 Å². The fourth-order valence-electron chi connectivity index (χ4n) is 2.94. The third kappa shape index (κ3) is 4.19. The molecule has 1 amide bonds. The molecule has 0 saturated heterocycles. The monoisotopic (exact) mass is 404 g/mol. The van der Waals surface area contributed by atoms with Crippen molar-refractivity contribution in [1.82, 2.24) is 24.4 Å². The van der Waals surface area contributed by atoms with Crippen LogP contribution in [0.5, 0.6) is 11.5 Å². The highest BCUT2D eigenvalue weighted by Gasteiger charge is 2.16. The van der Waals surface area contributed by atoms with Crippen LogP contribution in [0.25, 0.3) is 5.65 Å². The van der Waals surface area contributed by atoms with Gasteiger partial charge in [-0.15, -0.1) is 10.2 Å². The topological polar surface area (TPSA) is 103 Å². The lowest BCUT2D eigenvalue weighted by molar-refractivity contribution is -0.117. The molecule has 0 aliphatic rings. The van der Waals surface area contributed by atoms with Crippen LogP contribution in [0, 0.1) is 0 Å². The average molecular weight is 404 g/mol. The SMILES string of the molecule is CC(C)c1nn(CC(=O)Nc2ccc3nncn3c2)c(=O)cc1Oc1ccccc1. The van der Waals surface area contributed by atoms with Gasteiger partial charge < -0.3 is 10.1 Å². The summed E-state index contributed by atoms with van der Waals surface area (Å²) in [6.07, 6.45) is 3.23. The van der Waals surface area contributed by atoms with Crippen molar-refractivity contribution in [2.24, 2.45) is 0 Å². The lowest BCUT2D eigenvalue weighted by atomic mass is 10.1. The molecular formula is C21H20N6O3. The van der Waals surface area contributed by atoms with Gasteiger partial charge in [-0.05, 0) is 24.3 Å². The molecule has 0 radical (unpaired) electrons. The van der Waals surface area contributed by atoms with E-state index < -0.39 is 5.56 Å². The van der Waals surface area contributed by atoms with Gasteiger partial charge in [-0.25, -0.2) is 4.68 Å². The lowest BCUT2D eigenvalue weighted by Gasteiger charge is -2.15. The van der Waals surface area contributed by atoms with Crippen molar-refractivity contribution in [2.75, 3.05) is 5.32 Å². The zero-order chi connectivity index (χ0) is 21.1. The van der Waals surface area contributed by atoms with Crippen LogP contribution in [0.3, 0.4) is 0 Å². The second kappa shape index (κ2) is 8.16. The average Bonchev–Trinajstić information content (AvgIpc) is 3.18. The number of ether oxygens (including phenoxy) is 1. The van der Waals surface area contributed by atoms with E-state index in [9.17, 15) is 9.59 Å². The molecule has 0 atom stereocenters. The molecule has 4 rings (SSSR count). The first-order valence-corrected chi connectivity index (χ1v) is 9.44. The van der Waals surface area contributed by atoms with Gasteiger partial charge in [-0.3, -0.25) is 14.0 Å². The normalized spacial score (nSPS) is 11.0. The van der Waals surface area contributed by atoms with Crippen LogP contribution in [-0.4, -0.2) is 30.3 Å². The Bertz CT molecular complexity index is 1250. The van der Waals surface area contributed by atoms with Crippen LogP contribution in [0.2, 0.25) is 0 Å². The van der Waals surface area contributed by atoms with Gasteiger partial charge in [0, 0.05) is 18.2 Å². The highest BCUT2D eigenvalue weighted by atomic mass is 16.5. The number of aromatic nitrogens is 5. The molecule has 4 aromatic rings. The summed E-state index contributed by atoms with van der Waals surface area (Å²) in [6.45, 7) is 3.68. The highest BCUT2D eigenvalue weighted by molar-refractivity contribution is 5.90. The Morgan fingerprint density at radius 3 is 2.73 bits per heavy atom. The predicted octanol–water partition coefficient (Wildman–Crippen LogP) is 2.84. The minimum Gasteiger partial charge on any atom is -0.455 e. The third-order valence-electron chi connectivity index (χ3n) is 4.38. The minimum absolute atomic E-state index is 0.00484. The molecule has 152 valence electrons. The smallest absolute Gasteiger partial charge is 0.270 e. The summed E-state index contributed by atoms with van der Waals surface area (Å²) in [5, 5.41) is 14.9. The van der Waals surface area contributed by atoms with E-state index in [1.165, 1.54) is 12.4 Å². The fourth-order valence-corrected chi connectivity index (χ4v) is 2.94. The van der Waals surface area contributed by atoms with Gasteiger partial charge in [0.25, 0.3) is 5.56 Å². The van der Waals surface area contributed by atoms with Crippen molar-refractivity contribution in [3.05, 3.63) is 77.1 Å². The molecule has 9 heteroatoms. The Balaban J connectivity index is 1.55. The molecule has 0 spiro atoms. The molecule has 0 aliphatic carbocycles. The van der Waals surface area contributed by atoms with Crippen molar-refractivity contribution in [3.63, 3.8) is 0 Å². The molecule has 0 saturated carbocycles. The van der Waals surface area contributed by atoms with Gasteiger partial charge in [-0.1, -0.05) is 32.0 Å². The summed E-state index contributed by atoms with van der Waals surface area (Å²) in [6, 6.07) is 14.0. The molecule has 30 heavy (non-hydrogen) atoms. The second-order valence-corrected chi connectivity index (χ2v) is 7.02. The number of amides is 1. The van der Waals surface area contributed by atoms with E-state index in [1.54, 1.807) is 34.9 Å². The Labute approximate surface area is 172 Å². The Hall–Kier alpha value is -4.01. The van der Waals surface area contributed by atoms with Crippen molar-refractivity contribution < 1.29 is 9.53 Å². The summed E-state index contributed by atoms with van der Waals surface area (Å²) in [5.74, 6) is 0.620. The van der Waals surface area contributed by atoms with Crippen LogP contribution in [-0.2, 0) is 11.3 Å². The molecule has 1 N–H and O–H groups in total. The van der Waals surface area contributed by atoms with E-state index in [4.69, 9.17) is 4.74 Å². The summed E-state index contributed by atoms with van der Waals surface area (Å²) in [4.78, 5) is 25.0. The Morgan fingerprint density at radius 2 is 1.97 bits per heavy atom. The van der Waals surface area contributed by atoms with Crippen LogP contribution < -0.4 is 15.6 Å². The number of pyridine rings is 1. The standard InChI is InChI=1S/C21H20N6O3/c1-14(2)21-17(30-16-6-4-3-5-7-16)10-20(29)27(25-21)12-19(28)23-15-8-9-18-24-22-13-26(18)11-15/h3-11,13-14H,12H2,1-2H3,(H,23,28). The largest absolute Gasteiger partial charge is 0.455 e. The number of anilines is 1. The summed E-state index contributed by atoms with van der Waals surface area (Å²) >= 11 is 0. The fraction of sp³-hybridized carbons (Fsp3) is 0.190. The first-order chi connectivity index (χ1) is 14.5. The summed E-state index contributed by atoms with van der Waals surface area (Å²) in [5.41, 5.74) is 1.40. The van der Waals surface area contributed by atoms with Gasteiger partial charge in [0.15, 0.2) is 11.4 Å². The van der Waals surface area contributed by atoms with Crippen molar-refractivity contribution in [2.45, 2.75) is 26.3 Å². The summed E-state index contributed by atoms with van der Waals surface area (Å²) < 4.78 is 8.68. The molecule has 1 aromatic carbocycles. The Kier molecular flexibility index (Phi) is 5.25. The number of rotatable bonds is 6. The third-order valence-corrected chi connectivity index (χ3v) is 4.38. The zero-order valence-electron chi connectivity index (χ0n) is 16.5. The van der Waals surface area contributed by atoms with E-state index >= 15 is 0 Å². The molecular weight excluding hydrogens is 384 g/mol. The number of hydrogen-bond donors (Lipinski definition) is 1. The second-order valence-electron chi connectivity index (χ2n) is 7.02. The van der Waals surface area contributed by atoms with Gasteiger partial charge in [0.05, 0.1) is 5.69 Å². The maximum atomic E-state index is 12.6. The number of hydrogen-bond acceptors (Lipinski definition) is 6. The molecule has 9 nitrogen and oxygen atoms in total. The van der Waals surface area contributed by atoms with E-state index in [0.717, 1.165) is 4.68 Å². The van der Waals surface area contributed by atoms with Crippen molar-refractivity contribution in [3.8, 4) is 11.5 Å². The number of para-hydroxylation sites is 1. The van der Waals surface area contributed by atoms with Gasteiger partial charge >= 0.3 is 0 Å². The van der Waals surface area contributed by atoms with Crippen LogP contribution >= 0.6 is 0 Å². The zero-order valence-corrected chi connectivity index (χ0v) is 16.5. The molecule has 3 aromatic heterocycles. The van der Waals surface area contributed by atoms with Gasteiger partial charge in [-0.2, -0.15) is 5.10 Å². The lowest BCUT2D eigenvalue weighted by Crippen LogP contribution is -2.30. The summed E-state index contributed by atoms with van der Waals surface area (Å²) in [7, 11) is 0. The quantitative estimate of drug-likeness (QED) is 0.530. The van der Waals surface area contributed by atoms with E-state index in [0.29, 0.717) is 28.5 Å². The minimum atomic E-state index is -0.422. The predicted molar refractivity (Wildman–Crippen MR) is 111 cm³/mol. The molecule has 0 unspecified atom stereocenters. The molecule has 0 fully saturated rings. The van der Waals surface area contributed by atoms with Crippen LogP contribution in [0.15, 0.2) is 65.8 Å². The number of carbonyl (C=O) groups excluding carboxylic acids is 1. The van der Waals surface area contributed by atoms with Crippen molar-refractivity contribution in [1.29, 1.82) is 0 Å². The van der Waals surface area contributed by atoms with E-state index in [-0.39, 0.29) is 18.4 Å². The number of benzene rings is 1. The Morgan fingerprint density at radius 1 is 1.17 bits per heavy atom. The molecule has 0 bridgehead atoms. The maximum Gasteiger partial charge on any atom is 0.270 e. The first-order valence-electron chi connectivity index (χ1n) is 9.44.